The van der Waals surface area contributed by atoms with E-state index in [0.717, 1.165) is 0 Å². The van der Waals surface area contributed by atoms with Crippen molar-refractivity contribution in [3.8, 4) is 33.4 Å². The van der Waals surface area contributed by atoms with Crippen molar-refractivity contribution in [1.29, 1.82) is 0 Å². The van der Waals surface area contributed by atoms with Gasteiger partial charge in [0.25, 0.3) is 0 Å². The molecule has 1 aromatic heterocycles. The van der Waals surface area contributed by atoms with Crippen molar-refractivity contribution in [2.24, 2.45) is 0 Å². The summed E-state index contributed by atoms with van der Waals surface area (Å²) in [4.78, 5) is 0. The number of hydrogen-bond acceptors (Lipinski definition) is 1. The van der Waals surface area contributed by atoms with Crippen LogP contribution in [0.4, 0.5) is 0 Å². The number of rotatable bonds is 2. The summed E-state index contributed by atoms with van der Waals surface area (Å²) in [5, 5.41) is -4.82. The molecule has 0 radical (unpaired) electrons. The molecule has 44 heavy (non-hydrogen) atoms. The summed E-state index contributed by atoms with van der Waals surface area (Å²) >= 11 is 0. The molecule has 0 bridgehead atoms. The van der Waals surface area contributed by atoms with Gasteiger partial charge in [0.05, 0.1) is 32.9 Å². The van der Waals surface area contributed by atoms with Crippen LogP contribution in [0.15, 0.2) is 149 Å². The van der Waals surface area contributed by atoms with E-state index < -0.39 is 250 Å². The Morgan fingerprint density at radius 2 is 1.00 bits per heavy atom. The molecule has 0 fully saturated rings. The Labute approximate surface area is 291 Å². The number of benzene rings is 8. The standard InChI is InChI=1S/C43H26O/c1-4-15-30-26(11-1)23-24-37-42-36(21-10-22-38(42)44-43(30)37)41-33-18-7-5-16-31(33)40(32-17-6-8-19-34(32)41)35-20-9-13-28-25-27-12-2-3-14-29(27)39(28)35/h1-24H,25H2/i1D,2D,3D,4D,5D,6D,7D,8D,9D,10D,11D,12D,13D,14D,15D,16D,17D,18D,19D,20D,21D,22D,23D,24D,25D2. The first-order valence-electron chi connectivity index (χ1n) is 26.2. The minimum atomic E-state index is -3.02. The fraction of sp³-hybridized carbons (Fsp3) is 0.0233. The lowest BCUT2D eigenvalue weighted by Crippen LogP contribution is -1.93. The van der Waals surface area contributed by atoms with Crippen molar-refractivity contribution in [3.63, 3.8) is 0 Å². The second-order valence-electron chi connectivity index (χ2n) is 9.89. The van der Waals surface area contributed by atoms with E-state index in [1.165, 1.54) is 0 Å². The van der Waals surface area contributed by atoms with Crippen molar-refractivity contribution < 1.29 is 40.1 Å². The van der Waals surface area contributed by atoms with E-state index >= 15 is 0 Å². The van der Waals surface area contributed by atoms with E-state index in [4.69, 9.17) is 27.7 Å². The first-order valence-corrected chi connectivity index (χ1v) is 13.2. The van der Waals surface area contributed by atoms with E-state index in [1.807, 2.05) is 0 Å². The Kier molecular flexibility index (Phi) is 2.02. The van der Waals surface area contributed by atoms with E-state index in [1.54, 1.807) is 0 Å². The van der Waals surface area contributed by atoms with Crippen LogP contribution in [0, 0.1) is 0 Å². The summed E-state index contributed by atoms with van der Waals surface area (Å²) in [5.41, 5.74) is -6.68. The number of hydrogen-bond donors (Lipinski definition) is 0. The van der Waals surface area contributed by atoms with Gasteiger partial charge >= 0.3 is 0 Å². The Bertz CT molecular complexity index is 4000. The summed E-state index contributed by atoms with van der Waals surface area (Å²) in [6, 6.07) is -21.8. The SMILES string of the molecule is [2H]c1c([2H])c([2H])c2c(c1[2H])-c1c(-c3c4c([2H])c([2H])c([2H])c([2H])c4c(-c4c([2H])c([2H])c([2H])c5oc6c7c([2H])c([2H])c([2H])c([2H])c7c([2H])c([2H])c6c45)c4c([2H])c([2H])c([2H])c([2H])c34)c([2H])c([2H])c([2H])c1C2([2H])[2H]. The molecule has 0 amide bonds. The molecule has 1 aliphatic carbocycles. The second-order valence-corrected chi connectivity index (χ2v) is 9.89. The molecule has 10 rings (SSSR count). The Morgan fingerprint density at radius 3 is 1.77 bits per heavy atom. The molecule has 0 N–H and O–H groups in total. The molecule has 8 aromatic carbocycles. The van der Waals surface area contributed by atoms with Crippen LogP contribution in [-0.2, 0) is 6.37 Å². The van der Waals surface area contributed by atoms with E-state index in [0.29, 0.717) is 0 Å². The molecule has 9 aromatic rings. The van der Waals surface area contributed by atoms with Gasteiger partial charge in [-0.15, -0.1) is 0 Å². The molecular weight excluding hydrogens is 532 g/mol. The minimum Gasteiger partial charge on any atom is -0.455 e. The third kappa shape index (κ3) is 3.19. The zero-order valence-corrected chi connectivity index (χ0v) is 21.9. The van der Waals surface area contributed by atoms with Crippen molar-refractivity contribution in [3.05, 3.63) is 156 Å². The summed E-state index contributed by atoms with van der Waals surface area (Å²) < 4.78 is 241. The van der Waals surface area contributed by atoms with Gasteiger partial charge in [-0.2, -0.15) is 0 Å². The summed E-state index contributed by atoms with van der Waals surface area (Å²) in [7, 11) is 0. The molecule has 204 valence electrons. The van der Waals surface area contributed by atoms with E-state index in [9.17, 15) is 12.3 Å². The Hall–Kier alpha value is -5.66. The highest BCUT2D eigenvalue weighted by molar-refractivity contribution is 6.27. The normalized spacial score (nSPS) is 21.9. The largest absolute Gasteiger partial charge is 0.455 e. The van der Waals surface area contributed by atoms with Crippen LogP contribution < -0.4 is 0 Å². The molecule has 0 saturated carbocycles. The topological polar surface area (TPSA) is 13.1 Å². The molecule has 0 saturated heterocycles. The average molecular weight is 585 g/mol. The zero-order chi connectivity index (χ0) is 51.5. The molecule has 0 atom stereocenters. The molecule has 1 heterocycles. The van der Waals surface area contributed by atoms with E-state index in [2.05, 4.69) is 0 Å². The van der Waals surface area contributed by atoms with Gasteiger partial charge in [-0.05, 0) is 89.9 Å². The average Bonchev–Trinajstić information content (AvgIpc) is 3.83. The van der Waals surface area contributed by atoms with Gasteiger partial charge in [-0.25, -0.2) is 0 Å². The lowest BCUT2D eigenvalue weighted by molar-refractivity contribution is 0.673. The lowest BCUT2D eigenvalue weighted by atomic mass is 9.83. The van der Waals surface area contributed by atoms with Crippen LogP contribution >= 0.6 is 0 Å². The smallest absolute Gasteiger partial charge is 0.143 e. The van der Waals surface area contributed by atoms with Crippen molar-refractivity contribution in [2.45, 2.75) is 6.37 Å². The first-order chi connectivity index (χ1) is 32.6. The second kappa shape index (κ2) is 8.92. The zero-order valence-electron chi connectivity index (χ0n) is 47.9. The van der Waals surface area contributed by atoms with Crippen LogP contribution in [0.3, 0.4) is 0 Å². The van der Waals surface area contributed by atoms with Crippen molar-refractivity contribution >= 4 is 54.3 Å². The molecule has 0 aliphatic heterocycles. The predicted octanol–water partition coefficient (Wildman–Crippen LogP) is 12.0. The lowest BCUT2D eigenvalue weighted by Gasteiger charge is -2.20. The van der Waals surface area contributed by atoms with Gasteiger partial charge < -0.3 is 4.42 Å². The maximum atomic E-state index is 9.55. The summed E-state index contributed by atoms with van der Waals surface area (Å²) in [6.45, 7) is 0. The molecule has 0 spiro atoms. The third-order valence-corrected chi connectivity index (χ3v) is 7.69. The monoisotopic (exact) mass is 584 g/mol. The third-order valence-electron chi connectivity index (χ3n) is 7.69. The highest BCUT2D eigenvalue weighted by Gasteiger charge is 2.25. The summed E-state index contributed by atoms with van der Waals surface area (Å²) in [6.07, 6.45) is -3.02. The fourth-order valence-corrected chi connectivity index (χ4v) is 5.94. The highest BCUT2D eigenvalue weighted by Crippen LogP contribution is 2.50. The predicted molar refractivity (Wildman–Crippen MR) is 185 cm³/mol. The van der Waals surface area contributed by atoms with Crippen LogP contribution in [0.2, 0.25) is 0 Å². The maximum absolute atomic E-state index is 9.55. The van der Waals surface area contributed by atoms with Crippen LogP contribution in [-0.4, -0.2) is 0 Å². The fourth-order valence-electron chi connectivity index (χ4n) is 5.94. The van der Waals surface area contributed by atoms with Gasteiger partial charge in [0, 0.05) is 18.9 Å². The number of furan rings is 1. The minimum absolute atomic E-state index is 0.450. The number of fused-ring (bicyclic) bond motifs is 10. The van der Waals surface area contributed by atoms with E-state index in [-0.39, 0.29) is 0 Å². The Morgan fingerprint density at radius 1 is 0.432 bits per heavy atom. The van der Waals surface area contributed by atoms with Crippen LogP contribution in [0.1, 0.15) is 46.8 Å². The van der Waals surface area contributed by atoms with Gasteiger partial charge in [0.15, 0.2) is 0 Å². The molecule has 1 nitrogen and oxygen atoms in total. The highest BCUT2D eigenvalue weighted by atomic mass is 16.3. The molecule has 1 aliphatic rings. The molecule has 0 unspecified atom stereocenters. The van der Waals surface area contributed by atoms with Gasteiger partial charge in [-0.3, -0.25) is 0 Å². The van der Waals surface area contributed by atoms with Gasteiger partial charge in [0.2, 0.25) is 0 Å². The van der Waals surface area contributed by atoms with Crippen LogP contribution in [0.25, 0.3) is 87.6 Å². The molecule has 1 heteroatoms. The maximum Gasteiger partial charge on any atom is 0.143 e. The van der Waals surface area contributed by atoms with Crippen molar-refractivity contribution in [1.82, 2.24) is 0 Å². The molecular formula is C43H26O. The first kappa shape index (κ1) is 9.94. The van der Waals surface area contributed by atoms with Gasteiger partial charge in [-0.1, -0.05) is 133 Å². The van der Waals surface area contributed by atoms with Crippen LogP contribution in [0.5, 0.6) is 0 Å². The van der Waals surface area contributed by atoms with Gasteiger partial charge in [0.1, 0.15) is 11.2 Å². The van der Waals surface area contributed by atoms with Crippen molar-refractivity contribution in [2.75, 3.05) is 0 Å². The summed E-state index contributed by atoms with van der Waals surface area (Å²) in [5.74, 6) is 0. The quantitative estimate of drug-likeness (QED) is 0.184. The Balaban J connectivity index is 1.58.